The Balaban J connectivity index is 0. The molecule has 0 aliphatic carbocycles. The summed E-state index contributed by atoms with van der Waals surface area (Å²) in [6, 6.07) is 0. The summed E-state index contributed by atoms with van der Waals surface area (Å²) in [4.78, 5) is 0. The van der Waals surface area contributed by atoms with E-state index >= 15 is 0 Å². The molecule has 0 aliphatic rings. The topological polar surface area (TPSA) is 0 Å². The molecule has 5 heavy (non-hydrogen) atoms. The van der Waals surface area contributed by atoms with Gasteiger partial charge in [0.1, 0.15) is 0 Å². The Hall–Kier alpha value is 1.08. The van der Waals surface area contributed by atoms with Crippen LogP contribution in [0.15, 0.2) is 0 Å². The Bertz CT molecular complexity index is 80.0. The molecule has 0 nitrogen and oxygen atoms in total. The molecule has 0 N–H and O–H groups in total. The van der Waals surface area contributed by atoms with E-state index < -0.39 is 21.3 Å². The van der Waals surface area contributed by atoms with Crippen LogP contribution >= 0.6 is 0 Å². The van der Waals surface area contributed by atoms with Crippen molar-refractivity contribution in [3.63, 3.8) is 0 Å². The molecule has 0 unspecified atom stereocenters. The first-order chi connectivity index (χ1) is 2.41. The van der Waals surface area contributed by atoms with Crippen LogP contribution < -0.4 is 0 Å². The van der Waals surface area contributed by atoms with Crippen molar-refractivity contribution in [2.24, 2.45) is 0 Å². The molecule has 0 atom stereocenters. The van der Waals surface area contributed by atoms with Crippen molar-refractivity contribution in [3.05, 3.63) is 0 Å². The van der Waals surface area contributed by atoms with Crippen molar-refractivity contribution >= 4 is 17.3 Å². The summed E-state index contributed by atoms with van der Waals surface area (Å²) in [6.07, 6.45) is 0. The van der Waals surface area contributed by atoms with Gasteiger partial charge in [-0.25, -0.2) is 0 Å². The zero-order chi connectivity index (χ0) is 4.71. The van der Waals surface area contributed by atoms with Gasteiger partial charge < -0.3 is 0 Å². The van der Waals surface area contributed by atoms with Crippen LogP contribution in [0, 0.1) is 0 Å². The zero-order valence-electron chi connectivity index (χ0n) is 3.65. The fraction of sp³-hybridized carbons (Fsp3) is 1.00. The molecule has 0 spiro atoms. The van der Waals surface area contributed by atoms with E-state index in [-0.39, 0.29) is 0 Å². The molecule has 0 amide bonds. The van der Waals surface area contributed by atoms with Gasteiger partial charge in [-0.3, -0.25) is 0 Å². The van der Waals surface area contributed by atoms with Crippen molar-refractivity contribution in [2.75, 3.05) is 0 Å². The first kappa shape index (κ1) is 9.42. The van der Waals surface area contributed by atoms with Gasteiger partial charge in [-0.1, -0.05) is 6.82 Å². The summed E-state index contributed by atoms with van der Waals surface area (Å²) in [7, 11) is 2.00. The van der Waals surface area contributed by atoms with Gasteiger partial charge in [-0.05, 0) is 0 Å². The van der Waals surface area contributed by atoms with Crippen molar-refractivity contribution in [1.82, 2.24) is 0 Å². The molecule has 0 aliphatic heterocycles. The normalized spacial score (nSPS) is 5.80. The standard InChI is InChI=1S/CH5B.2B.Zr/c1-2;;;/h2H2,1H3;;;. The Labute approximate surface area is 45.5 Å². The molecular weight excluding hydrogens is 136 g/mol. The van der Waals surface area contributed by atoms with Crippen LogP contribution in [0.2, 0.25) is 6.82 Å². The van der Waals surface area contributed by atoms with E-state index in [1.807, 2.05) is 14.7 Å². The van der Waals surface area contributed by atoms with Gasteiger partial charge in [-0.15, -0.1) is 0 Å². The molecular formula is CH5B3Zr. The third-order valence-corrected chi connectivity index (χ3v) is 0. The number of rotatable bonds is 0. The van der Waals surface area contributed by atoms with Crippen LogP contribution in [0.25, 0.3) is 0 Å². The molecule has 0 saturated carbocycles. The second-order valence-electron chi connectivity index (χ2n) is 0.167. The van der Waals surface area contributed by atoms with E-state index in [4.69, 9.17) is 9.45 Å². The third-order valence-electron chi connectivity index (χ3n) is 0. The van der Waals surface area contributed by atoms with Gasteiger partial charge in [0.05, 0.1) is 7.85 Å². The third kappa shape index (κ3) is 41.4. The maximum absolute atomic E-state index is 4.80. The quantitative estimate of drug-likeness (QED) is 0.375. The van der Waals surface area contributed by atoms with Crippen LogP contribution in [0.5, 0.6) is 0 Å². The molecule has 0 aromatic carbocycles. The summed E-state index contributed by atoms with van der Waals surface area (Å²) in [5.41, 5.74) is 0. The van der Waals surface area contributed by atoms with Crippen LogP contribution in [-0.2, 0) is 21.3 Å². The van der Waals surface area contributed by atoms with E-state index in [1.54, 1.807) is 0 Å². The van der Waals surface area contributed by atoms with Gasteiger partial charge in [-0.2, -0.15) is 0 Å². The molecule has 0 heterocycles. The van der Waals surface area contributed by atoms with Crippen LogP contribution in [0.3, 0.4) is 0 Å². The van der Waals surface area contributed by atoms with Crippen molar-refractivity contribution in [2.45, 2.75) is 6.82 Å². The summed E-state index contributed by atoms with van der Waals surface area (Å²) >= 11 is -0.770. The van der Waals surface area contributed by atoms with E-state index in [2.05, 4.69) is 0 Å². The average Bonchev–Trinajstić information content (AvgIpc) is 1.46. The second-order valence-corrected chi connectivity index (χ2v) is 0.986. The summed E-state index contributed by atoms with van der Waals surface area (Å²) in [6.45, 7) is 2.00. The summed E-state index contributed by atoms with van der Waals surface area (Å²) in [5.74, 6) is 0. The fourth-order valence-electron chi connectivity index (χ4n) is 0. The summed E-state index contributed by atoms with van der Waals surface area (Å²) in [5, 5.41) is 0. The van der Waals surface area contributed by atoms with Crippen molar-refractivity contribution in [1.29, 1.82) is 0 Å². The minimum absolute atomic E-state index is 0.770. The predicted octanol–water partition coefficient (Wildman–Crippen LogP) is -1.10. The Morgan fingerprint density at radius 1 is 1.40 bits per heavy atom. The summed E-state index contributed by atoms with van der Waals surface area (Å²) < 4.78 is 9.59. The van der Waals surface area contributed by atoms with Gasteiger partial charge >= 0.3 is 30.8 Å². The molecule has 0 rings (SSSR count). The average molecular weight is 141 g/mol. The Morgan fingerprint density at radius 3 is 1.40 bits per heavy atom. The van der Waals surface area contributed by atoms with Gasteiger partial charge in [0.15, 0.2) is 0 Å². The molecule has 0 saturated heterocycles. The van der Waals surface area contributed by atoms with Crippen molar-refractivity contribution in [3.8, 4) is 0 Å². The van der Waals surface area contributed by atoms with E-state index in [1.165, 1.54) is 0 Å². The predicted molar refractivity (Wildman–Crippen MR) is 25.9 cm³/mol. The van der Waals surface area contributed by atoms with E-state index in [0.717, 1.165) is 0 Å². The van der Waals surface area contributed by atoms with Crippen LogP contribution in [-0.4, -0.2) is 17.3 Å². The van der Waals surface area contributed by atoms with Crippen LogP contribution in [0.4, 0.5) is 0 Å². The van der Waals surface area contributed by atoms with Crippen LogP contribution in [0.1, 0.15) is 0 Å². The minimum atomic E-state index is -0.770. The molecule has 4 heteroatoms. The molecule has 0 fully saturated rings. The Morgan fingerprint density at radius 2 is 1.40 bits per heavy atom. The number of hydrogen-bond donors (Lipinski definition) is 0. The molecule has 0 aromatic rings. The van der Waals surface area contributed by atoms with Gasteiger partial charge in [0.25, 0.3) is 0 Å². The maximum atomic E-state index is 4.80. The van der Waals surface area contributed by atoms with Crippen molar-refractivity contribution < 1.29 is 21.3 Å². The molecule has 0 radical (unpaired) electrons. The van der Waals surface area contributed by atoms with Gasteiger partial charge in [0, 0.05) is 0 Å². The number of hydrogen-bond acceptors (Lipinski definition) is 0. The van der Waals surface area contributed by atoms with E-state index in [9.17, 15) is 0 Å². The molecule has 22 valence electrons. The molecule has 0 aromatic heterocycles. The first-order valence-corrected chi connectivity index (χ1v) is 4.42. The monoisotopic (exact) mass is 140 g/mol. The van der Waals surface area contributed by atoms with Gasteiger partial charge in [0.2, 0.25) is 0 Å². The van der Waals surface area contributed by atoms with E-state index in [0.29, 0.717) is 0 Å². The SMILES string of the molecule is BC.[B]#[Zr]#[B]. The Kier molecular flexibility index (Phi) is 36.9. The fourth-order valence-corrected chi connectivity index (χ4v) is 0. The second kappa shape index (κ2) is 19.6. The zero-order valence-corrected chi connectivity index (χ0v) is 6.11. The first-order valence-electron chi connectivity index (χ1n) is 1.58. The molecule has 0 bridgehead atoms.